The van der Waals surface area contributed by atoms with Crippen molar-refractivity contribution in [1.29, 1.82) is 0 Å². The lowest BCUT2D eigenvalue weighted by Crippen LogP contribution is -2.37. The van der Waals surface area contributed by atoms with E-state index in [1.165, 1.54) is 37.0 Å². The number of aryl methyl sites for hydroxylation is 1. The molecule has 0 amide bonds. The van der Waals surface area contributed by atoms with E-state index in [2.05, 4.69) is 15.5 Å². The zero-order chi connectivity index (χ0) is 20.4. The maximum absolute atomic E-state index is 13.0. The smallest absolute Gasteiger partial charge is 0.299 e. The largest absolute Gasteiger partial charge is 0.332 e. The monoisotopic (exact) mass is 404 g/mol. The van der Waals surface area contributed by atoms with Crippen LogP contribution < -0.4 is 16.7 Å². The topological polar surface area (TPSA) is 86.2 Å². The maximum Gasteiger partial charge on any atom is 0.332 e. The molecular weight excluding hydrogens is 387 g/mol. The second kappa shape index (κ2) is 7.81. The Bertz CT molecular complexity index is 1200. The summed E-state index contributed by atoms with van der Waals surface area (Å²) in [5, 5.41) is 4.64. The quantitative estimate of drug-likeness (QED) is 0.521. The van der Waals surface area contributed by atoms with E-state index in [-0.39, 0.29) is 29.5 Å². The SMILES string of the molecule is C/C(Cl)=C\Cn1c(N/N=C/c2ccc(F)cc2)nc2c1c(=O)n(C)c(=O)n2C. The molecule has 0 aliphatic rings. The van der Waals surface area contributed by atoms with E-state index in [9.17, 15) is 14.0 Å². The number of hydrogen-bond donors (Lipinski definition) is 1. The van der Waals surface area contributed by atoms with Gasteiger partial charge >= 0.3 is 5.69 Å². The fourth-order valence-electron chi connectivity index (χ4n) is 2.64. The Kier molecular flexibility index (Phi) is 5.46. The van der Waals surface area contributed by atoms with Crippen LogP contribution in [0.3, 0.4) is 0 Å². The molecule has 0 aliphatic carbocycles. The van der Waals surface area contributed by atoms with Gasteiger partial charge in [0.1, 0.15) is 5.82 Å². The van der Waals surface area contributed by atoms with Crippen LogP contribution in [0.2, 0.25) is 0 Å². The first-order valence-corrected chi connectivity index (χ1v) is 8.70. The molecule has 0 bridgehead atoms. The molecule has 0 aliphatic heterocycles. The summed E-state index contributed by atoms with van der Waals surface area (Å²) in [4.78, 5) is 29.2. The molecular formula is C18H18ClFN6O2. The van der Waals surface area contributed by atoms with Crippen molar-refractivity contribution in [3.05, 3.63) is 67.6 Å². The van der Waals surface area contributed by atoms with Crippen LogP contribution in [0.15, 0.2) is 50.1 Å². The lowest BCUT2D eigenvalue weighted by atomic mass is 10.2. The van der Waals surface area contributed by atoms with Crippen molar-refractivity contribution in [2.45, 2.75) is 13.5 Å². The van der Waals surface area contributed by atoms with Crippen molar-refractivity contribution >= 4 is 34.9 Å². The normalized spacial score (nSPS) is 12.2. The van der Waals surface area contributed by atoms with Crippen LogP contribution in [0.1, 0.15) is 12.5 Å². The average Bonchev–Trinajstić information content (AvgIpc) is 3.03. The molecule has 146 valence electrons. The number of fused-ring (bicyclic) bond motifs is 1. The van der Waals surface area contributed by atoms with Crippen LogP contribution in [-0.4, -0.2) is 24.9 Å². The molecule has 0 atom stereocenters. The summed E-state index contributed by atoms with van der Waals surface area (Å²) in [6.07, 6.45) is 3.20. The zero-order valence-electron chi connectivity index (χ0n) is 15.5. The van der Waals surface area contributed by atoms with Crippen molar-refractivity contribution in [2.75, 3.05) is 5.43 Å². The Balaban J connectivity index is 2.08. The summed E-state index contributed by atoms with van der Waals surface area (Å²) < 4.78 is 16.9. The standard InChI is InChI=1S/C18H18ClFN6O2/c1-11(19)8-9-26-14-15(24(2)18(28)25(3)16(14)27)22-17(26)23-21-10-12-4-6-13(20)7-5-12/h4-8,10H,9H2,1-3H3,(H,22,23)/b11-8+,21-10+. The van der Waals surface area contributed by atoms with Crippen LogP contribution in [0.5, 0.6) is 0 Å². The third kappa shape index (κ3) is 3.74. The van der Waals surface area contributed by atoms with Gasteiger partial charge in [-0.05, 0) is 24.6 Å². The van der Waals surface area contributed by atoms with E-state index in [0.29, 0.717) is 10.6 Å². The highest BCUT2D eigenvalue weighted by Crippen LogP contribution is 2.16. The number of rotatable bonds is 5. The van der Waals surface area contributed by atoms with Gasteiger partial charge in [0, 0.05) is 25.7 Å². The van der Waals surface area contributed by atoms with Gasteiger partial charge in [-0.3, -0.25) is 18.5 Å². The number of halogens is 2. The van der Waals surface area contributed by atoms with Gasteiger partial charge < -0.3 is 0 Å². The molecule has 2 aromatic heterocycles. The number of benzene rings is 1. The molecule has 1 N–H and O–H groups in total. The molecule has 0 radical (unpaired) electrons. The van der Waals surface area contributed by atoms with Crippen LogP contribution in [0.25, 0.3) is 11.2 Å². The number of nitrogens with zero attached hydrogens (tertiary/aromatic N) is 5. The second-order valence-electron chi connectivity index (χ2n) is 6.14. The summed E-state index contributed by atoms with van der Waals surface area (Å²) in [6.45, 7) is 1.97. The average molecular weight is 405 g/mol. The number of aromatic nitrogens is 4. The molecule has 3 aromatic rings. The van der Waals surface area contributed by atoms with Gasteiger partial charge in [0.25, 0.3) is 5.56 Å². The molecule has 2 heterocycles. The molecule has 10 heteroatoms. The van der Waals surface area contributed by atoms with Crippen molar-refractivity contribution in [2.24, 2.45) is 19.2 Å². The van der Waals surface area contributed by atoms with E-state index in [1.807, 2.05) is 0 Å². The number of allylic oxidation sites excluding steroid dienone is 2. The first-order valence-electron chi connectivity index (χ1n) is 8.32. The Morgan fingerprint density at radius 1 is 1.25 bits per heavy atom. The van der Waals surface area contributed by atoms with Gasteiger partial charge in [-0.25, -0.2) is 14.6 Å². The number of imidazole rings is 1. The predicted octanol–water partition coefficient (Wildman–Crippen LogP) is 2.16. The third-order valence-electron chi connectivity index (χ3n) is 4.15. The van der Waals surface area contributed by atoms with Gasteiger partial charge in [-0.15, -0.1) is 0 Å². The Labute approximate surface area is 164 Å². The molecule has 1 aromatic carbocycles. The minimum Gasteiger partial charge on any atom is -0.299 e. The van der Waals surface area contributed by atoms with Crippen LogP contribution in [0, 0.1) is 5.82 Å². The van der Waals surface area contributed by atoms with E-state index < -0.39 is 11.2 Å². The van der Waals surface area contributed by atoms with Crippen molar-refractivity contribution in [3.63, 3.8) is 0 Å². The number of nitrogens with one attached hydrogen (secondary N) is 1. The first kappa shape index (κ1) is 19.6. The molecule has 0 fully saturated rings. The highest BCUT2D eigenvalue weighted by atomic mass is 35.5. The van der Waals surface area contributed by atoms with Crippen molar-refractivity contribution in [3.8, 4) is 0 Å². The molecule has 28 heavy (non-hydrogen) atoms. The minimum absolute atomic E-state index is 0.230. The predicted molar refractivity (Wildman–Crippen MR) is 107 cm³/mol. The fraction of sp³-hybridized carbons (Fsp3) is 0.222. The molecule has 0 spiro atoms. The number of hydrazone groups is 1. The van der Waals surface area contributed by atoms with Crippen molar-refractivity contribution < 1.29 is 4.39 Å². The summed E-state index contributed by atoms with van der Waals surface area (Å²) in [5.41, 5.74) is 2.98. The Morgan fingerprint density at radius 2 is 1.93 bits per heavy atom. The molecule has 8 nitrogen and oxygen atoms in total. The van der Waals surface area contributed by atoms with Crippen LogP contribution in [0.4, 0.5) is 10.3 Å². The third-order valence-corrected chi connectivity index (χ3v) is 4.31. The molecule has 0 saturated heterocycles. The van der Waals surface area contributed by atoms with Crippen LogP contribution >= 0.6 is 11.6 Å². The van der Waals surface area contributed by atoms with E-state index in [4.69, 9.17) is 11.6 Å². The summed E-state index contributed by atoms with van der Waals surface area (Å²) >= 11 is 5.93. The van der Waals surface area contributed by atoms with Gasteiger partial charge in [0.05, 0.1) is 6.21 Å². The molecule has 0 unspecified atom stereocenters. The van der Waals surface area contributed by atoms with Gasteiger partial charge in [0.2, 0.25) is 5.95 Å². The summed E-state index contributed by atoms with van der Waals surface area (Å²) in [5.74, 6) is -0.0762. The highest BCUT2D eigenvalue weighted by Gasteiger charge is 2.18. The number of anilines is 1. The van der Waals surface area contributed by atoms with Gasteiger partial charge in [-0.2, -0.15) is 10.1 Å². The van der Waals surface area contributed by atoms with E-state index in [0.717, 1.165) is 4.57 Å². The Morgan fingerprint density at radius 3 is 2.57 bits per heavy atom. The van der Waals surface area contributed by atoms with Gasteiger partial charge in [-0.1, -0.05) is 29.8 Å². The fourth-order valence-corrected chi connectivity index (χ4v) is 2.71. The highest BCUT2D eigenvalue weighted by molar-refractivity contribution is 6.29. The van der Waals surface area contributed by atoms with E-state index in [1.54, 1.807) is 29.7 Å². The zero-order valence-corrected chi connectivity index (χ0v) is 16.2. The number of hydrogen-bond acceptors (Lipinski definition) is 5. The van der Waals surface area contributed by atoms with E-state index >= 15 is 0 Å². The molecule has 3 rings (SSSR count). The first-order chi connectivity index (χ1) is 13.3. The summed E-state index contributed by atoms with van der Waals surface area (Å²) in [7, 11) is 2.94. The Hall–Kier alpha value is -3.20. The maximum atomic E-state index is 13.0. The lowest BCUT2D eigenvalue weighted by Gasteiger charge is -2.06. The molecule has 0 saturated carbocycles. The second-order valence-corrected chi connectivity index (χ2v) is 6.73. The minimum atomic E-state index is -0.479. The van der Waals surface area contributed by atoms with Gasteiger partial charge in [0.15, 0.2) is 11.2 Å². The lowest BCUT2D eigenvalue weighted by molar-refractivity contribution is 0.628. The summed E-state index contributed by atoms with van der Waals surface area (Å²) in [6, 6.07) is 5.79. The van der Waals surface area contributed by atoms with Crippen molar-refractivity contribution in [1.82, 2.24) is 18.7 Å². The van der Waals surface area contributed by atoms with Crippen LogP contribution in [-0.2, 0) is 20.6 Å².